The first-order valence-corrected chi connectivity index (χ1v) is 6.88. The Hall–Kier alpha value is -1.62. The lowest BCUT2D eigenvalue weighted by molar-refractivity contribution is -0.384. The Morgan fingerprint density at radius 1 is 1.32 bits per heavy atom. The Bertz CT molecular complexity index is 491. The molecule has 1 saturated heterocycles. The normalized spacial score (nSPS) is 26.5. The van der Waals surface area contributed by atoms with Crippen LogP contribution in [0.15, 0.2) is 18.2 Å². The molecule has 1 aromatic carbocycles. The zero-order valence-corrected chi connectivity index (χ0v) is 10.9. The molecule has 3 rings (SSSR count). The van der Waals surface area contributed by atoms with E-state index in [1.54, 1.807) is 12.1 Å². The van der Waals surface area contributed by atoms with Gasteiger partial charge in [0.05, 0.1) is 4.92 Å². The first-order chi connectivity index (χ1) is 9.13. The molecule has 2 unspecified atom stereocenters. The number of nitrogens with two attached hydrogens (primary N) is 1. The first-order valence-electron chi connectivity index (χ1n) is 6.88. The van der Waals surface area contributed by atoms with Gasteiger partial charge in [0.25, 0.3) is 5.69 Å². The van der Waals surface area contributed by atoms with Crippen LogP contribution in [0, 0.1) is 22.0 Å². The number of hydrogen-bond donors (Lipinski definition) is 1. The third-order valence-electron chi connectivity index (χ3n) is 4.53. The van der Waals surface area contributed by atoms with E-state index in [9.17, 15) is 10.1 Å². The fourth-order valence-corrected chi connectivity index (χ4v) is 3.54. The molecule has 2 atom stereocenters. The van der Waals surface area contributed by atoms with E-state index in [1.165, 1.54) is 25.3 Å². The molecule has 19 heavy (non-hydrogen) atoms. The van der Waals surface area contributed by atoms with Crippen molar-refractivity contribution < 1.29 is 4.92 Å². The van der Waals surface area contributed by atoms with Crippen molar-refractivity contribution >= 4 is 11.4 Å². The largest absolute Gasteiger partial charge is 0.398 e. The molecule has 2 N–H and O–H groups in total. The van der Waals surface area contributed by atoms with Crippen LogP contribution in [0.25, 0.3) is 0 Å². The van der Waals surface area contributed by atoms with E-state index < -0.39 is 0 Å². The van der Waals surface area contributed by atoms with Crippen LogP contribution in [0.5, 0.6) is 0 Å². The molecule has 0 radical (unpaired) electrons. The van der Waals surface area contributed by atoms with Crippen molar-refractivity contribution in [1.29, 1.82) is 0 Å². The van der Waals surface area contributed by atoms with E-state index in [0.29, 0.717) is 5.69 Å². The number of likely N-dealkylation sites (tertiary alicyclic amines) is 1. The molecule has 0 spiro atoms. The monoisotopic (exact) mass is 261 g/mol. The lowest BCUT2D eigenvalue weighted by Gasteiger charge is -2.17. The molecular weight excluding hydrogens is 242 g/mol. The van der Waals surface area contributed by atoms with E-state index >= 15 is 0 Å². The van der Waals surface area contributed by atoms with Gasteiger partial charge in [-0.2, -0.15) is 0 Å². The molecule has 2 aliphatic rings. The maximum atomic E-state index is 10.8. The number of anilines is 1. The van der Waals surface area contributed by atoms with Gasteiger partial charge in [0.15, 0.2) is 0 Å². The molecule has 5 nitrogen and oxygen atoms in total. The Labute approximate surface area is 112 Å². The van der Waals surface area contributed by atoms with Gasteiger partial charge in [-0.1, -0.05) is 6.42 Å². The van der Waals surface area contributed by atoms with E-state index in [4.69, 9.17) is 5.73 Å². The summed E-state index contributed by atoms with van der Waals surface area (Å²) < 4.78 is 0. The number of nitrogen functional groups attached to an aromatic ring is 1. The van der Waals surface area contributed by atoms with Crippen molar-refractivity contribution in [3.8, 4) is 0 Å². The summed E-state index contributed by atoms with van der Waals surface area (Å²) >= 11 is 0. The fourth-order valence-electron chi connectivity index (χ4n) is 3.54. The smallest absolute Gasteiger partial charge is 0.269 e. The molecule has 0 amide bonds. The average Bonchev–Trinajstić information content (AvgIpc) is 2.92. The van der Waals surface area contributed by atoms with Crippen molar-refractivity contribution in [2.24, 2.45) is 11.8 Å². The summed E-state index contributed by atoms with van der Waals surface area (Å²) in [6, 6.07) is 4.73. The van der Waals surface area contributed by atoms with Crippen LogP contribution in [-0.4, -0.2) is 22.9 Å². The van der Waals surface area contributed by atoms with Gasteiger partial charge in [-0.15, -0.1) is 0 Å². The second kappa shape index (κ2) is 4.81. The zero-order valence-electron chi connectivity index (χ0n) is 10.9. The number of hydrogen-bond acceptors (Lipinski definition) is 4. The molecule has 1 aliphatic carbocycles. The van der Waals surface area contributed by atoms with Crippen molar-refractivity contribution in [1.82, 2.24) is 4.90 Å². The van der Waals surface area contributed by atoms with Crippen LogP contribution in [0.4, 0.5) is 11.4 Å². The number of nitro groups is 1. The van der Waals surface area contributed by atoms with E-state index in [0.717, 1.165) is 37.0 Å². The Morgan fingerprint density at radius 3 is 2.63 bits per heavy atom. The summed E-state index contributed by atoms with van der Waals surface area (Å²) in [6.07, 6.45) is 4.04. The third-order valence-corrected chi connectivity index (χ3v) is 4.53. The first kappa shape index (κ1) is 12.4. The minimum atomic E-state index is -0.359. The maximum absolute atomic E-state index is 10.8. The SMILES string of the molecule is Nc1ccc([N+](=O)[O-])cc1CN1CC2CCCC2C1. The molecule has 1 aliphatic heterocycles. The number of nitrogens with zero attached hydrogens (tertiary/aromatic N) is 2. The molecule has 2 fully saturated rings. The van der Waals surface area contributed by atoms with Gasteiger partial charge in [-0.3, -0.25) is 15.0 Å². The van der Waals surface area contributed by atoms with Gasteiger partial charge in [0.2, 0.25) is 0 Å². The average molecular weight is 261 g/mol. The summed E-state index contributed by atoms with van der Waals surface area (Å²) in [5, 5.41) is 10.8. The minimum Gasteiger partial charge on any atom is -0.398 e. The lowest BCUT2D eigenvalue weighted by Crippen LogP contribution is -2.21. The van der Waals surface area contributed by atoms with Gasteiger partial charge in [-0.05, 0) is 36.3 Å². The summed E-state index contributed by atoms with van der Waals surface area (Å²) in [5.41, 5.74) is 7.60. The Balaban J connectivity index is 1.73. The highest BCUT2D eigenvalue weighted by atomic mass is 16.6. The van der Waals surface area contributed by atoms with Gasteiger partial charge in [-0.25, -0.2) is 0 Å². The van der Waals surface area contributed by atoms with E-state index in [1.807, 2.05) is 0 Å². The number of rotatable bonds is 3. The highest BCUT2D eigenvalue weighted by molar-refractivity contribution is 5.52. The number of non-ortho nitro benzene ring substituents is 1. The van der Waals surface area contributed by atoms with Gasteiger partial charge >= 0.3 is 0 Å². The van der Waals surface area contributed by atoms with Crippen molar-refractivity contribution in [2.45, 2.75) is 25.8 Å². The zero-order chi connectivity index (χ0) is 13.4. The topological polar surface area (TPSA) is 72.4 Å². The van der Waals surface area contributed by atoms with Gasteiger partial charge in [0, 0.05) is 37.5 Å². The van der Waals surface area contributed by atoms with Crippen LogP contribution in [0.3, 0.4) is 0 Å². The standard InChI is InChI=1S/C14H19N3O2/c15-14-5-4-13(17(18)19)6-12(14)9-16-7-10-2-1-3-11(10)8-16/h4-6,10-11H,1-3,7-9,15H2. The third kappa shape index (κ3) is 2.42. The molecule has 1 aromatic rings. The summed E-state index contributed by atoms with van der Waals surface area (Å²) in [4.78, 5) is 12.8. The maximum Gasteiger partial charge on any atom is 0.269 e. The number of fused-ring (bicyclic) bond motifs is 1. The molecular formula is C14H19N3O2. The van der Waals surface area contributed by atoms with Crippen LogP contribution < -0.4 is 5.73 Å². The quantitative estimate of drug-likeness (QED) is 0.515. The molecule has 5 heteroatoms. The van der Waals surface area contributed by atoms with Crippen molar-refractivity contribution in [3.05, 3.63) is 33.9 Å². The molecule has 102 valence electrons. The molecule has 1 saturated carbocycles. The minimum absolute atomic E-state index is 0.128. The Morgan fingerprint density at radius 2 is 2.00 bits per heavy atom. The van der Waals surface area contributed by atoms with Crippen LogP contribution in [0.1, 0.15) is 24.8 Å². The predicted molar refractivity (Wildman–Crippen MR) is 73.6 cm³/mol. The second-order valence-corrected chi connectivity index (χ2v) is 5.79. The predicted octanol–water partition coefficient (Wildman–Crippen LogP) is 2.41. The molecule has 0 aromatic heterocycles. The number of nitro benzene ring substituents is 1. The van der Waals surface area contributed by atoms with E-state index in [2.05, 4.69) is 4.90 Å². The summed E-state index contributed by atoms with van der Waals surface area (Å²) in [6.45, 7) is 2.97. The fraction of sp³-hybridized carbons (Fsp3) is 0.571. The highest BCUT2D eigenvalue weighted by Gasteiger charge is 2.35. The van der Waals surface area contributed by atoms with Gasteiger partial charge < -0.3 is 5.73 Å². The summed E-state index contributed by atoms with van der Waals surface area (Å²) in [7, 11) is 0. The lowest BCUT2D eigenvalue weighted by atomic mass is 10.0. The second-order valence-electron chi connectivity index (χ2n) is 5.79. The van der Waals surface area contributed by atoms with E-state index in [-0.39, 0.29) is 10.6 Å². The van der Waals surface area contributed by atoms with Crippen molar-refractivity contribution in [2.75, 3.05) is 18.8 Å². The highest BCUT2D eigenvalue weighted by Crippen LogP contribution is 2.38. The van der Waals surface area contributed by atoms with Crippen molar-refractivity contribution in [3.63, 3.8) is 0 Å². The van der Waals surface area contributed by atoms with Crippen LogP contribution >= 0.6 is 0 Å². The number of benzene rings is 1. The van der Waals surface area contributed by atoms with Crippen LogP contribution in [-0.2, 0) is 6.54 Å². The molecule has 0 bridgehead atoms. The summed E-state index contributed by atoms with van der Waals surface area (Å²) in [5.74, 6) is 1.67. The Kier molecular flexibility index (Phi) is 3.14. The molecule has 1 heterocycles. The van der Waals surface area contributed by atoms with Crippen LogP contribution in [0.2, 0.25) is 0 Å². The van der Waals surface area contributed by atoms with Gasteiger partial charge in [0.1, 0.15) is 0 Å².